The Bertz CT molecular complexity index is 1180. The fourth-order valence-corrected chi connectivity index (χ4v) is 4.48. The first-order valence-corrected chi connectivity index (χ1v) is 12.3. The first-order chi connectivity index (χ1) is 17.7. The number of hydrogen-bond donors (Lipinski definition) is 1. The largest absolute Gasteiger partial charge is 0.497 e. The molecule has 5 rings (SSSR count). The molecule has 0 bridgehead atoms. The molecule has 36 heavy (non-hydrogen) atoms. The zero-order valence-electron chi connectivity index (χ0n) is 20.4. The van der Waals surface area contributed by atoms with Gasteiger partial charge in [0.05, 0.1) is 31.9 Å². The molecule has 1 saturated heterocycles. The van der Waals surface area contributed by atoms with Crippen molar-refractivity contribution in [2.45, 2.75) is 6.42 Å². The molecule has 3 aromatic rings. The van der Waals surface area contributed by atoms with E-state index in [-0.39, 0.29) is 11.8 Å². The molecule has 1 atom stereocenters. The van der Waals surface area contributed by atoms with E-state index in [9.17, 15) is 4.79 Å². The number of methoxy groups -OCH3 is 1. The van der Waals surface area contributed by atoms with Crippen molar-refractivity contribution in [3.05, 3.63) is 66.5 Å². The average molecular weight is 490 g/mol. The first kappa shape index (κ1) is 24.1. The smallest absolute Gasteiger partial charge is 0.231 e. The van der Waals surface area contributed by atoms with Crippen LogP contribution in [-0.2, 0) is 16.0 Å². The summed E-state index contributed by atoms with van der Waals surface area (Å²) in [5.74, 6) is 1.78. The zero-order chi connectivity index (χ0) is 24.7. The molecule has 0 spiro atoms. The molecule has 0 unspecified atom stereocenters. The number of morpholine rings is 1. The predicted molar refractivity (Wildman–Crippen MR) is 137 cm³/mol. The molecule has 2 aliphatic rings. The van der Waals surface area contributed by atoms with E-state index >= 15 is 0 Å². The highest BCUT2D eigenvalue weighted by Crippen LogP contribution is 2.34. The van der Waals surface area contributed by atoms with Crippen molar-refractivity contribution < 1.29 is 23.7 Å². The second kappa shape index (κ2) is 11.4. The number of nitrogens with one attached hydrogen (secondary N) is 1. The van der Waals surface area contributed by atoms with Gasteiger partial charge >= 0.3 is 0 Å². The second-order valence-electron chi connectivity index (χ2n) is 8.92. The van der Waals surface area contributed by atoms with E-state index in [1.54, 1.807) is 19.5 Å². The van der Waals surface area contributed by atoms with E-state index in [0.717, 1.165) is 61.0 Å². The van der Waals surface area contributed by atoms with E-state index in [4.69, 9.17) is 18.9 Å². The van der Waals surface area contributed by atoms with Gasteiger partial charge in [0, 0.05) is 32.0 Å². The van der Waals surface area contributed by atoms with Crippen molar-refractivity contribution in [3.8, 4) is 28.4 Å². The molecule has 0 radical (unpaired) electrons. The number of fused-ring (bicyclic) bond motifs is 1. The van der Waals surface area contributed by atoms with Gasteiger partial charge in [-0.2, -0.15) is 0 Å². The van der Waals surface area contributed by atoms with Crippen LogP contribution in [0.15, 0.2) is 60.9 Å². The maximum absolute atomic E-state index is 13.3. The molecule has 1 aromatic heterocycles. The summed E-state index contributed by atoms with van der Waals surface area (Å²) in [6.07, 6.45) is 4.11. The van der Waals surface area contributed by atoms with Crippen LogP contribution in [0, 0.1) is 5.92 Å². The van der Waals surface area contributed by atoms with Gasteiger partial charge in [0.25, 0.3) is 0 Å². The standard InChI is InChI=1S/C28H31N3O5/c1-33-24-3-5-26-22(17-24)16-23(19-36-26)28(32)30-25-4-2-21(20-6-8-29-9-7-20)18-27(25)35-15-12-31-10-13-34-14-11-31/h2-9,17-18,23H,10-16,19H2,1H3,(H,30,32)/t23-/m0/s1. The van der Waals surface area contributed by atoms with E-state index in [1.165, 1.54) is 0 Å². The van der Waals surface area contributed by atoms with Crippen molar-refractivity contribution in [1.29, 1.82) is 0 Å². The molecule has 8 heteroatoms. The Kier molecular flexibility index (Phi) is 7.64. The van der Waals surface area contributed by atoms with Crippen molar-refractivity contribution in [2.24, 2.45) is 5.92 Å². The van der Waals surface area contributed by atoms with Gasteiger partial charge in [-0.05, 0) is 65.6 Å². The van der Waals surface area contributed by atoms with Gasteiger partial charge in [0.1, 0.15) is 30.5 Å². The highest BCUT2D eigenvalue weighted by molar-refractivity contribution is 5.95. The maximum Gasteiger partial charge on any atom is 0.231 e. The molecular weight excluding hydrogens is 458 g/mol. The predicted octanol–water partition coefficient (Wildman–Crippen LogP) is 3.66. The summed E-state index contributed by atoms with van der Waals surface area (Å²) in [4.78, 5) is 19.7. The van der Waals surface area contributed by atoms with Crippen molar-refractivity contribution in [2.75, 3.05) is 58.5 Å². The number of carbonyl (C=O) groups excluding carboxylic acids is 1. The summed E-state index contributed by atoms with van der Waals surface area (Å²) in [7, 11) is 1.63. The number of hydrogen-bond acceptors (Lipinski definition) is 7. The van der Waals surface area contributed by atoms with Crippen LogP contribution in [0.5, 0.6) is 17.2 Å². The topological polar surface area (TPSA) is 82.2 Å². The fourth-order valence-electron chi connectivity index (χ4n) is 4.48. The highest BCUT2D eigenvalue weighted by atomic mass is 16.5. The normalized spacial score (nSPS) is 17.5. The van der Waals surface area contributed by atoms with E-state index in [0.29, 0.717) is 31.1 Å². The summed E-state index contributed by atoms with van der Waals surface area (Å²) < 4.78 is 22.8. The lowest BCUT2D eigenvalue weighted by molar-refractivity contribution is -0.121. The first-order valence-electron chi connectivity index (χ1n) is 12.3. The average Bonchev–Trinajstić information content (AvgIpc) is 2.94. The molecule has 3 heterocycles. The summed E-state index contributed by atoms with van der Waals surface area (Å²) >= 11 is 0. The minimum absolute atomic E-state index is 0.0989. The Morgan fingerprint density at radius 3 is 2.72 bits per heavy atom. The Morgan fingerprint density at radius 1 is 1.08 bits per heavy atom. The highest BCUT2D eigenvalue weighted by Gasteiger charge is 2.27. The van der Waals surface area contributed by atoms with Crippen molar-refractivity contribution in [1.82, 2.24) is 9.88 Å². The van der Waals surface area contributed by atoms with E-state index in [1.807, 2.05) is 48.5 Å². The fraction of sp³-hybridized carbons (Fsp3) is 0.357. The van der Waals surface area contributed by atoms with Crippen LogP contribution in [0.2, 0.25) is 0 Å². The summed E-state index contributed by atoms with van der Waals surface area (Å²) in [6.45, 7) is 4.94. The number of amides is 1. The minimum atomic E-state index is -0.314. The number of nitrogens with zero attached hydrogens (tertiary/aromatic N) is 2. The molecule has 1 N–H and O–H groups in total. The van der Waals surface area contributed by atoms with Crippen LogP contribution in [0.1, 0.15) is 5.56 Å². The van der Waals surface area contributed by atoms with Crippen molar-refractivity contribution >= 4 is 11.6 Å². The number of rotatable bonds is 8. The third kappa shape index (κ3) is 5.78. The van der Waals surface area contributed by atoms with Gasteiger partial charge in [0.15, 0.2) is 0 Å². The van der Waals surface area contributed by atoms with Gasteiger partial charge < -0.3 is 24.3 Å². The number of aromatic nitrogens is 1. The quantitative estimate of drug-likeness (QED) is 0.517. The molecule has 0 aliphatic carbocycles. The SMILES string of the molecule is COc1ccc2c(c1)C[C@H](C(=O)Nc1ccc(-c3ccncc3)cc1OCCN1CCOCC1)CO2. The number of ether oxygens (including phenoxy) is 4. The van der Waals surface area contributed by atoms with Crippen molar-refractivity contribution in [3.63, 3.8) is 0 Å². The lowest BCUT2D eigenvalue weighted by Gasteiger charge is -2.27. The van der Waals surface area contributed by atoms with E-state index in [2.05, 4.69) is 15.2 Å². The number of benzene rings is 2. The molecule has 1 amide bonds. The van der Waals surface area contributed by atoms with Gasteiger partial charge in [-0.15, -0.1) is 0 Å². The molecule has 0 saturated carbocycles. The van der Waals surface area contributed by atoms with Gasteiger partial charge in [-0.25, -0.2) is 0 Å². The number of carbonyl (C=O) groups is 1. The van der Waals surface area contributed by atoms with Crippen LogP contribution in [0.3, 0.4) is 0 Å². The van der Waals surface area contributed by atoms with Crippen LogP contribution < -0.4 is 19.5 Å². The molecule has 2 aromatic carbocycles. The third-order valence-corrected chi connectivity index (χ3v) is 6.57. The zero-order valence-corrected chi connectivity index (χ0v) is 20.4. The van der Waals surface area contributed by atoms with Gasteiger partial charge in [-0.1, -0.05) is 6.07 Å². The lowest BCUT2D eigenvalue weighted by Crippen LogP contribution is -2.38. The molecular formula is C28H31N3O5. The Hall–Kier alpha value is -3.62. The monoisotopic (exact) mass is 489 g/mol. The Morgan fingerprint density at radius 2 is 1.92 bits per heavy atom. The number of anilines is 1. The Labute approximate surface area is 211 Å². The second-order valence-corrected chi connectivity index (χ2v) is 8.92. The lowest BCUT2D eigenvalue weighted by atomic mass is 9.95. The summed E-state index contributed by atoms with van der Waals surface area (Å²) in [5.41, 5.74) is 3.65. The van der Waals surface area contributed by atoms with Gasteiger partial charge in [-0.3, -0.25) is 14.7 Å². The Balaban J connectivity index is 1.31. The summed E-state index contributed by atoms with van der Waals surface area (Å²) in [5, 5.41) is 3.09. The molecule has 1 fully saturated rings. The third-order valence-electron chi connectivity index (χ3n) is 6.57. The van der Waals surface area contributed by atoms with Crippen LogP contribution in [0.4, 0.5) is 5.69 Å². The molecule has 188 valence electrons. The maximum atomic E-state index is 13.3. The molecule has 2 aliphatic heterocycles. The molecule has 8 nitrogen and oxygen atoms in total. The minimum Gasteiger partial charge on any atom is -0.497 e. The van der Waals surface area contributed by atoms with Crippen LogP contribution in [0.25, 0.3) is 11.1 Å². The van der Waals surface area contributed by atoms with Gasteiger partial charge in [0.2, 0.25) is 5.91 Å². The summed E-state index contributed by atoms with van der Waals surface area (Å²) in [6, 6.07) is 15.5. The van der Waals surface area contributed by atoms with E-state index < -0.39 is 0 Å². The number of pyridine rings is 1. The van der Waals surface area contributed by atoms with Crippen LogP contribution >= 0.6 is 0 Å². The van der Waals surface area contributed by atoms with Crippen LogP contribution in [-0.4, -0.2) is 69.0 Å².